The zero-order chi connectivity index (χ0) is 19.7. The summed E-state index contributed by atoms with van der Waals surface area (Å²) in [6.45, 7) is 4.74. The van der Waals surface area contributed by atoms with Gasteiger partial charge in [-0.1, -0.05) is 49.2 Å². The van der Waals surface area contributed by atoms with Gasteiger partial charge in [0.1, 0.15) is 7.05 Å². The van der Waals surface area contributed by atoms with Gasteiger partial charge in [0.05, 0.1) is 10.9 Å². The number of aromatic nitrogens is 1. The van der Waals surface area contributed by atoms with Crippen molar-refractivity contribution in [1.29, 1.82) is 0 Å². The first kappa shape index (κ1) is 17.6. The molecule has 6 rings (SSSR count). The second-order valence-electron chi connectivity index (χ2n) is 8.96. The van der Waals surface area contributed by atoms with Crippen LogP contribution in [0.4, 0.5) is 0 Å². The van der Waals surface area contributed by atoms with Crippen LogP contribution in [0.1, 0.15) is 42.7 Å². The van der Waals surface area contributed by atoms with Crippen molar-refractivity contribution in [2.45, 2.75) is 38.5 Å². The van der Waals surface area contributed by atoms with Crippen molar-refractivity contribution in [1.82, 2.24) is 0 Å². The Balaban J connectivity index is 1.73. The summed E-state index contributed by atoms with van der Waals surface area (Å²) in [4.78, 5) is 0. The van der Waals surface area contributed by atoms with Crippen LogP contribution >= 0.6 is 7.92 Å². The predicted molar refractivity (Wildman–Crippen MR) is 126 cm³/mol. The fourth-order valence-electron chi connectivity index (χ4n) is 5.78. The molecule has 1 aliphatic carbocycles. The van der Waals surface area contributed by atoms with Crippen molar-refractivity contribution >= 4 is 40.1 Å². The van der Waals surface area contributed by atoms with Gasteiger partial charge in [-0.25, -0.2) is 0 Å². The molecule has 0 radical (unpaired) electrons. The summed E-state index contributed by atoms with van der Waals surface area (Å²) in [7, 11) is 1.85. The Morgan fingerprint density at radius 3 is 2.59 bits per heavy atom. The first-order chi connectivity index (χ1) is 14.1. The maximum atomic E-state index is 2.55. The summed E-state index contributed by atoms with van der Waals surface area (Å²) >= 11 is 0. The van der Waals surface area contributed by atoms with Crippen LogP contribution in [0.25, 0.3) is 32.8 Å². The lowest BCUT2D eigenvalue weighted by Gasteiger charge is -2.27. The molecular formula is C27H27NP+. The Kier molecular flexibility index (Phi) is 3.87. The third-order valence-electron chi connectivity index (χ3n) is 7.23. The van der Waals surface area contributed by atoms with Gasteiger partial charge in [-0.05, 0) is 74.2 Å². The van der Waals surface area contributed by atoms with Crippen LogP contribution in [0.5, 0.6) is 0 Å². The average Bonchev–Trinajstić information content (AvgIpc) is 3.27. The molecule has 1 fully saturated rings. The summed E-state index contributed by atoms with van der Waals surface area (Å²) < 4.78 is 2.39. The van der Waals surface area contributed by atoms with Crippen molar-refractivity contribution in [3.63, 3.8) is 0 Å². The molecule has 1 aromatic heterocycles. The fraction of sp³-hybridized carbons (Fsp3) is 0.296. The van der Waals surface area contributed by atoms with Crippen LogP contribution in [0.2, 0.25) is 0 Å². The molecule has 3 aromatic carbocycles. The summed E-state index contributed by atoms with van der Waals surface area (Å²) in [6, 6.07) is 18.8. The summed E-state index contributed by atoms with van der Waals surface area (Å²) in [5.74, 6) is 0.758. The Bertz CT molecular complexity index is 1300. The molecule has 0 bridgehead atoms. The topological polar surface area (TPSA) is 3.88 Å². The standard InChI is InChI=1S/C27H27NP/c1-17-11-12-19-9-6-10-23-25(19)24(17)26-27(29(23)3)22-15-20(18-7-4-5-8-18)13-14-21(22)16-28(26)2/h6,9-16,18H,4-5,7-8H2,1-3H3/q+1. The summed E-state index contributed by atoms with van der Waals surface area (Å²) in [5, 5.41) is 8.85. The fourth-order valence-corrected chi connectivity index (χ4v) is 8.05. The second kappa shape index (κ2) is 6.38. The van der Waals surface area contributed by atoms with Crippen molar-refractivity contribution in [2.24, 2.45) is 7.05 Å². The summed E-state index contributed by atoms with van der Waals surface area (Å²) in [5.41, 5.74) is 5.83. The second-order valence-corrected chi connectivity index (χ2v) is 11.0. The normalized spacial score (nSPS) is 18.5. The number of pyridine rings is 1. The molecule has 1 saturated carbocycles. The smallest absolute Gasteiger partial charge is 0.200 e. The SMILES string of the molecule is Cc1ccc2cccc3c2c1-c1c(c2cc(C4CCCC4)ccc2c[n+]1C)P3C. The van der Waals surface area contributed by atoms with Gasteiger partial charge in [0.15, 0.2) is 6.20 Å². The highest BCUT2D eigenvalue weighted by Crippen LogP contribution is 2.46. The van der Waals surface area contributed by atoms with E-state index in [-0.39, 0.29) is 7.92 Å². The Labute approximate surface area is 174 Å². The van der Waals surface area contributed by atoms with Gasteiger partial charge in [-0.3, -0.25) is 0 Å². The van der Waals surface area contributed by atoms with E-state index in [1.165, 1.54) is 64.0 Å². The number of benzene rings is 3. The minimum Gasteiger partial charge on any atom is -0.200 e. The van der Waals surface area contributed by atoms with Crippen molar-refractivity contribution in [3.05, 3.63) is 65.9 Å². The Hall–Kier alpha value is -2.24. The predicted octanol–water partition coefficient (Wildman–Crippen LogP) is 5.83. The minimum atomic E-state index is -0.386. The molecule has 1 atom stereocenters. The highest BCUT2D eigenvalue weighted by atomic mass is 31.1. The van der Waals surface area contributed by atoms with Crippen LogP contribution in [0.3, 0.4) is 0 Å². The molecule has 2 heterocycles. The maximum Gasteiger partial charge on any atom is 0.221 e. The Morgan fingerprint density at radius 2 is 1.76 bits per heavy atom. The van der Waals surface area contributed by atoms with Gasteiger partial charge in [0.25, 0.3) is 0 Å². The zero-order valence-electron chi connectivity index (χ0n) is 17.5. The van der Waals surface area contributed by atoms with Gasteiger partial charge in [0.2, 0.25) is 5.69 Å². The number of fused-ring (bicyclic) bond motifs is 4. The van der Waals surface area contributed by atoms with Gasteiger partial charge in [-0.15, -0.1) is 0 Å². The van der Waals surface area contributed by atoms with E-state index in [1.54, 1.807) is 16.2 Å². The van der Waals surface area contributed by atoms with Crippen molar-refractivity contribution in [3.8, 4) is 11.3 Å². The van der Waals surface area contributed by atoms with E-state index in [0.717, 1.165) is 5.92 Å². The largest absolute Gasteiger partial charge is 0.221 e. The number of aryl methyl sites for hydroxylation is 2. The lowest BCUT2D eigenvalue weighted by Crippen LogP contribution is -2.39. The maximum absolute atomic E-state index is 2.55. The molecule has 1 nitrogen and oxygen atoms in total. The molecule has 144 valence electrons. The molecule has 0 N–H and O–H groups in total. The number of hydrogen-bond donors (Lipinski definition) is 0. The average molecular weight is 396 g/mol. The molecule has 2 heteroatoms. The molecule has 4 aromatic rings. The molecule has 0 saturated heterocycles. The van der Waals surface area contributed by atoms with E-state index >= 15 is 0 Å². The summed E-state index contributed by atoms with van der Waals surface area (Å²) in [6.07, 6.45) is 7.84. The van der Waals surface area contributed by atoms with Gasteiger partial charge in [0, 0.05) is 16.2 Å². The van der Waals surface area contributed by atoms with E-state index in [9.17, 15) is 0 Å². The highest BCUT2D eigenvalue weighted by Gasteiger charge is 2.33. The van der Waals surface area contributed by atoms with Gasteiger partial charge >= 0.3 is 0 Å². The zero-order valence-corrected chi connectivity index (χ0v) is 18.4. The van der Waals surface area contributed by atoms with E-state index in [0.29, 0.717) is 0 Å². The molecule has 0 spiro atoms. The van der Waals surface area contributed by atoms with Crippen LogP contribution in [-0.2, 0) is 7.05 Å². The molecular weight excluding hydrogens is 369 g/mol. The van der Waals surface area contributed by atoms with Gasteiger partial charge in [-0.2, -0.15) is 4.57 Å². The van der Waals surface area contributed by atoms with Crippen LogP contribution in [0, 0.1) is 6.92 Å². The first-order valence-corrected chi connectivity index (χ1v) is 12.6. The van der Waals surface area contributed by atoms with Crippen LogP contribution in [-0.4, -0.2) is 6.66 Å². The molecule has 1 aliphatic heterocycles. The van der Waals surface area contributed by atoms with Crippen molar-refractivity contribution < 1.29 is 4.57 Å². The number of rotatable bonds is 1. The minimum absolute atomic E-state index is 0.386. The first-order valence-electron chi connectivity index (χ1n) is 10.9. The number of hydrogen-bond acceptors (Lipinski definition) is 0. The third-order valence-corrected chi connectivity index (χ3v) is 9.45. The monoisotopic (exact) mass is 396 g/mol. The number of nitrogens with zero attached hydrogens (tertiary/aromatic N) is 1. The Morgan fingerprint density at radius 1 is 0.966 bits per heavy atom. The third kappa shape index (κ3) is 2.47. The van der Waals surface area contributed by atoms with E-state index in [4.69, 9.17) is 0 Å². The molecule has 2 aliphatic rings. The highest BCUT2D eigenvalue weighted by molar-refractivity contribution is 7.73. The van der Waals surface area contributed by atoms with E-state index < -0.39 is 0 Å². The van der Waals surface area contributed by atoms with Crippen LogP contribution < -0.4 is 15.2 Å². The lowest BCUT2D eigenvalue weighted by molar-refractivity contribution is -0.658. The quantitative estimate of drug-likeness (QED) is 0.282. The van der Waals surface area contributed by atoms with Crippen molar-refractivity contribution in [2.75, 3.05) is 6.66 Å². The lowest BCUT2D eigenvalue weighted by atomic mass is 9.93. The van der Waals surface area contributed by atoms with Gasteiger partial charge < -0.3 is 0 Å². The molecule has 29 heavy (non-hydrogen) atoms. The molecule has 0 amide bonds. The molecule has 1 unspecified atom stereocenters. The van der Waals surface area contributed by atoms with E-state index in [2.05, 4.69) is 79.9 Å². The van der Waals surface area contributed by atoms with Crippen LogP contribution in [0.15, 0.2) is 54.7 Å². The van der Waals surface area contributed by atoms with E-state index in [1.807, 2.05) is 0 Å².